The van der Waals surface area contributed by atoms with Gasteiger partial charge in [0.1, 0.15) is 11.6 Å². The van der Waals surface area contributed by atoms with Gasteiger partial charge in [-0.15, -0.1) is 0 Å². The second-order valence-corrected chi connectivity index (χ2v) is 8.09. The quantitative estimate of drug-likeness (QED) is 0.257. The van der Waals surface area contributed by atoms with Crippen molar-refractivity contribution in [3.63, 3.8) is 0 Å². The third-order valence-electron chi connectivity index (χ3n) is 6.20. The molecule has 1 atom stereocenters. The number of benzene rings is 3. The lowest BCUT2D eigenvalue weighted by Crippen LogP contribution is -2.60. The van der Waals surface area contributed by atoms with Gasteiger partial charge >= 0.3 is 12.1 Å². The number of fused-ring (bicyclic) bond motifs is 1. The van der Waals surface area contributed by atoms with Crippen molar-refractivity contribution >= 4 is 17.7 Å². The van der Waals surface area contributed by atoms with Crippen LogP contribution >= 0.6 is 0 Å². The fraction of sp³-hybridized carbons (Fsp3) is 0.222. The van der Waals surface area contributed by atoms with Crippen LogP contribution in [0.4, 0.5) is 23.2 Å². The van der Waals surface area contributed by atoms with Gasteiger partial charge in [0.05, 0.1) is 14.2 Å². The van der Waals surface area contributed by atoms with E-state index in [1.165, 1.54) is 79.8 Å². The molecule has 0 amide bonds. The van der Waals surface area contributed by atoms with Crippen LogP contribution in [-0.2, 0) is 21.5 Å². The van der Waals surface area contributed by atoms with Crippen LogP contribution in [0.5, 0.6) is 5.75 Å². The number of nitrogens with zero attached hydrogens (tertiary/aromatic N) is 1. The Bertz CT molecular complexity index is 1240. The summed E-state index contributed by atoms with van der Waals surface area (Å²) >= 11 is 0. The number of methoxy groups -OCH3 is 2. The monoisotopic (exact) mass is 485 g/mol. The third kappa shape index (κ3) is 4.36. The maximum atomic E-state index is 15.3. The minimum atomic E-state index is -4.74. The van der Waals surface area contributed by atoms with Gasteiger partial charge in [-0.3, -0.25) is 0 Å². The maximum absolute atomic E-state index is 15.3. The number of hydrogen-bond acceptors (Lipinski definition) is 4. The molecule has 35 heavy (non-hydrogen) atoms. The number of halogens is 4. The Labute approximate surface area is 200 Å². The summed E-state index contributed by atoms with van der Waals surface area (Å²) in [6.45, 7) is 0.0509. The van der Waals surface area contributed by atoms with Crippen LogP contribution in [-0.4, -0.2) is 32.9 Å². The van der Waals surface area contributed by atoms with Gasteiger partial charge in [0.15, 0.2) is 5.54 Å². The lowest BCUT2D eigenvalue weighted by Gasteiger charge is -2.50. The fourth-order valence-electron chi connectivity index (χ4n) is 4.59. The lowest BCUT2D eigenvalue weighted by atomic mass is 9.74. The first-order chi connectivity index (χ1) is 16.7. The Morgan fingerprint density at radius 3 is 2.29 bits per heavy atom. The van der Waals surface area contributed by atoms with Crippen molar-refractivity contribution in [2.45, 2.75) is 18.1 Å². The van der Waals surface area contributed by atoms with Gasteiger partial charge in [-0.1, -0.05) is 30.3 Å². The average Bonchev–Trinajstić information content (AvgIpc) is 2.86. The molecule has 0 aromatic heterocycles. The molecule has 0 fully saturated rings. The minimum absolute atomic E-state index is 0.00402. The van der Waals surface area contributed by atoms with Gasteiger partial charge in [-0.2, -0.15) is 13.2 Å². The molecular formula is C27H23F4NO3. The Balaban J connectivity index is 1.95. The molecule has 1 heterocycles. The van der Waals surface area contributed by atoms with Gasteiger partial charge in [-0.25, -0.2) is 9.18 Å². The highest BCUT2D eigenvalue weighted by Gasteiger charge is 2.63. The van der Waals surface area contributed by atoms with Crippen LogP contribution in [0, 0.1) is 5.82 Å². The molecule has 8 heteroatoms. The van der Waals surface area contributed by atoms with E-state index in [1.54, 1.807) is 6.07 Å². The maximum Gasteiger partial charge on any atom is 0.420 e. The zero-order chi connectivity index (χ0) is 25.2. The molecule has 182 valence electrons. The van der Waals surface area contributed by atoms with E-state index in [0.29, 0.717) is 23.3 Å². The molecular weight excluding hydrogens is 462 g/mol. The van der Waals surface area contributed by atoms with E-state index in [4.69, 9.17) is 4.74 Å². The summed E-state index contributed by atoms with van der Waals surface area (Å²) in [6, 6.07) is 15.5. The predicted octanol–water partition coefficient (Wildman–Crippen LogP) is 5.89. The number of rotatable bonds is 5. The fourth-order valence-corrected chi connectivity index (χ4v) is 4.59. The summed E-state index contributed by atoms with van der Waals surface area (Å²) in [5.41, 5.74) is -1.14. The molecule has 1 aliphatic heterocycles. The highest BCUT2D eigenvalue weighted by Crippen LogP contribution is 2.53. The molecule has 1 aliphatic rings. The predicted molar refractivity (Wildman–Crippen MR) is 125 cm³/mol. The van der Waals surface area contributed by atoms with Crippen molar-refractivity contribution in [3.05, 3.63) is 101 Å². The van der Waals surface area contributed by atoms with Crippen LogP contribution in [0.1, 0.15) is 22.3 Å². The van der Waals surface area contributed by atoms with Crippen LogP contribution in [0.15, 0.2) is 72.8 Å². The largest absolute Gasteiger partial charge is 0.497 e. The Morgan fingerprint density at radius 1 is 1.00 bits per heavy atom. The van der Waals surface area contributed by atoms with E-state index >= 15 is 13.2 Å². The summed E-state index contributed by atoms with van der Waals surface area (Å²) in [5, 5.41) is 0. The standard InChI is InChI=1S/C27H23F4NO3/c1-34-23-12-13-24-19(17-23)15-16-32(22-10-8-21(28)9-11-22)26(24,27(29,30)31)20-6-3-18(4-7-20)5-14-25(33)35-2/h3-14,17H,15-16H2,1-2H3. The zero-order valence-corrected chi connectivity index (χ0v) is 19.1. The van der Waals surface area contributed by atoms with Gasteiger partial charge < -0.3 is 14.4 Å². The number of alkyl halides is 3. The number of esters is 1. The molecule has 0 spiro atoms. The third-order valence-corrected chi connectivity index (χ3v) is 6.20. The highest BCUT2D eigenvalue weighted by molar-refractivity contribution is 5.86. The second-order valence-electron chi connectivity index (χ2n) is 8.09. The van der Waals surface area contributed by atoms with Crippen LogP contribution in [0.3, 0.4) is 0 Å². The molecule has 0 radical (unpaired) electrons. The summed E-state index contributed by atoms with van der Waals surface area (Å²) < 4.78 is 69.5. The SMILES string of the molecule is COC(=O)C=Cc1ccc(C2(C(F)(F)F)c3ccc(OC)cc3CCN2c2ccc(F)cc2)cc1. The van der Waals surface area contributed by atoms with E-state index < -0.39 is 23.5 Å². The molecule has 0 saturated carbocycles. The zero-order valence-electron chi connectivity index (χ0n) is 19.1. The topological polar surface area (TPSA) is 38.8 Å². The van der Waals surface area contributed by atoms with E-state index in [1.807, 2.05) is 0 Å². The van der Waals surface area contributed by atoms with Crippen molar-refractivity contribution in [1.82, 2.24) is 0 Å². The molecule has 3 aromatic rings. The van der Waals surface area contributed by atoms with Crippen molar-refractivity contribution < 1.29 is 31.8 Å². The molecule has 0 aliphatic carbocycles. The Morgan fingerprint density at radius 2 is 1.69 bits per heavy atom. The van der Waals surface area contributed by atoms with Gasteiger partial charge in [0, 0.05) is 18.3 Å². The highest BCUT2D eigenvalue weighted by atomic mass is 19.4. The van der Waals surface area contributed by atoms with E-state index in [9.17, 15) is 9.18 Å². The van der Waals surface area contributed by atoms with E-state index in [2.05, 4.69) is 4.74 Å². The molecule has 4 nitrogen and oxygen atoms in total. The van der Waals surface area contributed by atoms with Crippen LogP contribution in [0.25, 0.3) is 6.08 Å². The number of ether oxygens (including phenoxy) is 2. The number of carbonyl (C=O) groups is 1. The Hall–Kier alpha value is -3.81. The Kier molecular flexibility index (Phi) is 6.56. The van der Waals surface area contributed by atoms with Gasteiger partial charge in [0.25, 0.3) is 0 Å². The first-order valence-corrected chi connectivity index (χ1v) is 10.8. The normalized spacial score (nSPS) is 17.8. The van der Waals surface area contributed by atoms with Gasteiger partial charge in [-0.05, 0) is 71.1 Å². The molecule has 0 N–H and O–H groups in total. The van der Waals surface area contributed by atoms with Crippen molar-refractivity contribution in [3.8, 4) is 5.75 Å². The molecule has 3 aromatic carbocycles. The van der Waals surface area contributed by atoms with Crippen LogP contribution in [0.2, 0.25) is 0 Å². The summed E-state index contributed by atoms with van der Waals surface area (Å²) in [5.74, 6) is -0.632. The first-order valence-electron chi connectivity index (χ1n) is 10.8. The summed E-state index contributed by atoms with van der Waals surface area (Å²) in [4.78, 5) is 12.7. The lowest BCUT2D eigenvalue weighted by molar-refractivity contribution is -0.179. The van der Waals surface area contributed by atoms with Crippen molar-refractivity contribution in [2.75, 3.05) is 25.7 Å². The molecule has 4 rings (SSSR count). The van der Waals surface area contributed by atoms with Crippen LogP contribution < -0.4 is 9.64 Å². The van der Waals surface area contributed by atoms with E-state index in [-0.39, 0.29) is 23.4 Å². The number of hydrogen-bond donors (Lipinski definition) is 0. The second kappa shape index (κ2) is 9.44. The number of carbonyl (C=O) groups excluding carboxylic acids is 1. The summed E-state index contributed by atoms with van der Waals surface area (Å²) in [7, 11) is 2.70. The molecule has 1 unspecified atom stereocenters. The van der Waals surface area contributed by atoms with Gasteiger partial charge in [0.2, 0.25) is 0 Å². The summed E-state index contributed by atoms with van der Waals surface area (Å²) in [6.07, 6.45) is -1.73. The smallest absolute Gasteiger partial charge is 0.420 e. The molecule has 0 bridgehead atoms. The molecule has 0 saturated heterocycles. The number of anilines is 1. The van der Waals surface area contributed by atoms with Crippen molar-refractivity contribution in [1.29, 1.82) is 0 Å². The van der Waals surface area contributed by atoms with Crippen molar-refractivity contribution in [2.24, 2.45) is 0 Å². The first kappa shape index (κ1) is 24.3. The minimum Gasteiger partial charge on any atom is -0.497 e. The van der Waals surface area contributed by atoms with E-state index in [0.717, 1.165) is 12.1 Å². The average molecular weight is 485 g/mol.